The number of hydrogen-bond acceptors (Lipinski definition) is 3. The lowest BCUT2D eigenvalue weighted by atomic mass is 10.0. The third kappa shape index (κ3) is 2.42. The fraction of sp³-hybridized carbons (Fsp3) is 0.556. The Morgan fingerprint density at radius 2 is 1.96 bits per heavy atom. The number of nitrogens with one attached hydrogen (secondary N) is 1. The van der Waals surface area contributed by atoms with E-state index in [0.717, 1.165) is 0 Å². The molecular weight excluding hydrogens is 374 g/mol. The Labute approximate surface area is 148 Å². The van der Waals surface area contributed by atoms with Crippen molar-refractivity contribution in [1.29, 1.82) is 0 Å². The van der Waals surface area contributed by atoms with Crippen LogP contribution < -0.4 is 10.1 Å². The van der Waals surface area contributed by atoms with Crippen LogP contribution in [0.25, 0.3) is 0 Å². The van der Waals surface area contributed by atoms with Crippen LogP contribution in [0.4, 0.5) is 0 Å². The molecule has 1 aromatic rings. The number of hydrogen-bond donors (Lipinski definition) is 2. The first-order valence-electron chi connectivity index (χ1n) is 8.38. The molecule has 0 radical (unpaired) electrons. The molecule has 3 saturated carbocycles. The largest absolute Gasteiger partial charge is 0.496 e. The molecule has 3 fully saturated rings. The van der Waals surface area contributed by atoms with Gasteiger partial charge in [0, 0.05) is 5.92 Å². The Balaban J connectivity index is 1.49. The summed E-state index contributed by atoms with van der Waals surface area (Å²) in [4.78, 5) is 24.3. The number of rotatable bonds is 5. The number of halogens is 1. The Morgan fingerprint density at radius 1 is 1.29 bits per heavy atom. The second-order valence-electron chi connectivity index (χ2n) is 7.19. The summed E-state index contributed by atoms with van der Waals surface area (Å²) in [6, 6.07) is 4.04. The molecular formula is C18H20BrNO4. The zero-order chi connectivity index (χ0) is 17.0. The maximum Gasteiger partial charge on any atom is 0.330 e. The molecule has 3 aliphatic rings. The van der Waals surface area contributed by atoms with E-state index in [0.29, 0.717) is 39.5 Å². The summed E-state index contributed by atoms with van der Waals surface area (Å²) in [6.07, 6.45) is 3.75. The van der Waals surface area contributed by atoms with Gasteiger partial charge < -0.3 is 15.2 Å². The lowest BCUT2D eigenvalue weighted by Gasteiger charge is -2.17. The van der Waals surface area contributed by atoms with Crippen molar-refractivity contribution in [1.82, 2.24) is 5.32 Å². The number of methoxy groups -OCH3 is 1. The first-order valence-corrected chi connectivity index (χ1v) is 9.17. The van der Waals surface area contributed by atoms with Gasteiger partial charge in [-0.05, 0) is 76.6 Å². The number of fused-ring (bicyclic) bond motifs is 5. The van der Waals surface area contributed by atoms with Crippen LogP contribution in [0, 0.1) is 29.6 Å². The first-order chi connectivity index (χ1) is 11.5. The topological polar surface area (TPSA) is 75.6 Å². The van der Waals surface area contributed by atoms with E-state index in [-0.39, 0.29) is 11.8 Å². The quantitative estimate of drug-likeness (QED) is 0.805. The van der Waals surface area contributed by atoms with Crippen LogP contribution in [-0.4, -0.2) is 24.1 Å². The maximum absolute atomic E-state index is 12.6. The molecule has 2 bridgehead atoms. The summed E-state index contributed by atoms with van der Waals surface area (Å²) in [6.45, 7) is 0. The second kappa shape index (κ2) is 5.76. The molecule has 0 aliphatic heterocycles. The molecule has 1 amide bonds. The van der Waals surface area contributed by atoms with Crippen LogP contribution in [0.1, 0.15) is 30.9 Å². The van der Waals surface area contributed by atoms with Crippen molar-refractivity contribution in [3.8, 4) is 5.75 Å². The molecule has 2 N–H and O–H groups in total. The van der Waals surface area contributed by atoms with Crippen LogP contribution in [-0.2, 0) is 9.59 Å². The van der Waals surface area contributed by atoms with Gasteiger partial charge in [0.25, 0.3) is 0 Å². The van der Waals surface area contributed by atoms with Gasteiger partial charge in [0.1, 0.15) is 5.75 Å². The van der Waals surface area contributed by atoms with Gasteiger partial charge in [-0.2, -0.15) is 0 Å². The number of aliphatic carboxylic acids is 1. The molecule has 1 aromatic carbocycles. The summed E-state index contributed by atoms with van der Waals surface area (Å²) in [7, 11) is 1.55. The highest BCUT2D eigenvalue weighted by Crippen LogP contribution is 2.69. The van der Waals surface area contributed by atoms with Gasteiger partial charge in [-0.25, -0.2) is 4.79 Å². The minimum atomic E-state index is -1.05. The molecule has 3 aliphatic carbocycles. The van der Waals surface area contributed by atoms with E-state index in [2.05, 4.69) is 21.2 Å². The molecule has 6 heteroatoms. The van der Waals surface area contributed by atoms with Gasteiger partial charge in [0.2, 0.25) is 5.91 Å². The predicted molar refractivity (Wildman–Crippen MR) is 90.5 cm³/mol. The third-order valence-electron chi connectivity index (χ3n) is 6.08. The monoisotopic (exact) mass is 393 g/mol. The van der Waals surface area contributed by atoms with Crippen LogP contribution in [0.15, 0.2) is 22.7 Å². The minimum Gasteiger partial charge on any atom is -0.496 e. The van der Waals surface area contributed by atoms with E-state index >= 15 is 0 Å². The average molecular weight is 394 g/mol. The van der Waals surface area contributed by atoms with E-state index < -0.39 is 12.0 Å². The van der Waals surface area contributed by atoms with Crippen molar-refractivity contribution in [3.63, 3.8) is 0 Å². The minimum absolute atomic E-state index is 0.0276. The van der Waals surface area contributed by atoms with Crippen molar-refractivity contribution >= 4 is 27.8 Å². The zero-order valence-corrected chi connectivity index (χ0v) is 15.0. The number of carbonyl (C=O) groups excluding carboxylic acids is 1. The maximum atomic E-state index is 12.6. The van der Waals surface area contributed by atoms with Crippen LogP contribution in [0.5, 0.6) is 5.75 Å². The lowest BCUT2D eigenvalue weighted by molar-refractivity contribution is -0.142. The molecule has 5 nitrogen and oxygen atoms in total. The van der Waals surface area contributed by atoms with E-state index in [1.165, 1.54) is 19.3 Å². The number of carboxylic acid groups (broad SMARTS) is 1. The molecule has 5 atom stereocenters. The highest BCUT2D eigenvalue weighted by atomic mass is 79.9. The molecule has 128 valence electrons. The fourth-order valence-corrected chi connectivity index (χ4v) is 5.62. The summed E-state index contributed by atoms with van der Waals surface area (Å²) in [5.41, 5.74) is 0.539. The lowest BCUT2D eigenvalue weighted by Crippen LogP contribution is -2.36. The number of carbonyl (C=O) groups is 2. The third-order valence-corrected chi connectivity index (χ3v) is 6.70. The summed E-state index contributed by atoms with van der Waals surface area (Å²) in [5.74, 6) is 1.89. The predicted octanol–water partition coefficient (Wildman–Crippen LogP) is 2.99. The molecule has 0 spiro atoms. The Hall–Kier alpha value is -1.56. The Kier molecular flexibility index (Phi) is 3.82. The number of ether oxygens (including phenoxy) is 1. The van der Waals surface area contributed by atoms with Gasteiger partial charge in [-0.3, -0.25) is 4.79 Å². The van der Waals surface area contributed by atoms with E-state index in [1.54, 1.807) is 25.3 Å². The molecule has 0 heterocycles. The number of carboxylic acids is 1. The van der Waals surface area contributed by atoms with E-state index in [4.69, 9.17) is 4.74 Å². The van der Waals surface area contributed by atoms with Crippen molar-refractivity contribution in [2.75, 3.05) is 7.11 Å². The van der Waals surface area contributed by atoms with Crippen molar-refractivity contribution in [2.24, 2.45) is 29.6 Å². The van der Waals surface area contributed by atoms with Crippen molar-refractivity contribution in [3.05, 3.63) is 28.2 Å². The van der Waals surface area contributed by atoms with E-state index in [1.807, 2.05) is 0 Å². The van der Waals surface area contributed by atoms with Crippen molar-refractivity contribution < 1.29 is 19.4 Å². The van der Waals surface area contributed by atoms with Crippen LogP contribution >= 0.6 is 15.9 Å². The van der Waals surface area contributed by atoms with Gasteiger partial charge in [0.15, 0.2) is 6.04 Å². The molecule has 0 saturated heterocycles. The Bertz CT molecular complexity index is 690. The van der Waals surface area contributed by atoms with Gasteiger partial charge in [-0.1, -0.05) is 6.07 Å². The van der Waals surface area contributed by atoms with Gasteiger partial charge in [-0.15, -0.1) is 0 Å². The molecule has 5 unspecified atom stereocenters. The molecule has 0 aromatic heterocycles. The second-order valence-corrected chi connectivity index (χ2v) is 8.04. The smallest absolute Gasteiger partial charge is 0.330 e. The van der Waals surface area contributed by atoms with Crippen LogP contribution in [0.2, 0.25) is 0 Å². The summed E-state index contributed by atoms with van der Waals surface area (Å²) < 4.78 is 5.84. The molecule has 4 rings (SSSR count). The standard InChI is InChI=1S/C18H20BrNO4/c1-24-12-5-4-10(7-11(12)19)16(18(22)23)20-17(21)15-13-8-2-3-9(6-8)14(13)15/h4-5,7-9,13-16H,2-3,6H2,1H3,(H,20,21)(H,22,23). The Morgan fingerprint density at radius 3 is 2.50 bits per heavy atom. The first kappa shape index (κ1) is 15.9. The molecule has 24 heavy (non-hydrogen) atoms. The summed E-state index contributed by atoms with van der Waals surface area (Å²) in [5, 5.41) is 12.3. The highest BCUT2D eigenvalue weighted by molar-refractivity contribution is 9.10. The van der Waals surface area contributed by atoms with Gasteiger partial charge >= 0.3 is 5.97 Å². The zero-order valence-electron chi connectivity index (χ0n) is 13.4. The number of amides is 1. The van der Waals surface area contributed by atoms with Crippen molar-refractivity contribution in [2.45, 2.75) is 25.3 Å². The normalized spacial score (nSPS) is 33.7. The highest BCUT2D eigenvalue weighted by Gasteiger charge is 2.67. The van der Waals surface area contributed by atoms with Crippen LogP contribution in [0.3, 0.4) is 0 Å². The number of benzene rings is 1. The fourth-order valence-electron chi connectivity index (χ4n) is 5.06. The summed E-state index contributed by atoms with van der Waals surface area (Å²) >= 11 is 3.37. The van der Waals surface area contributed by atoms with E-state index in [9.17, 15) is 14.7 Å². The SMILES string of the molecule is COc1ccc(C(NC(=O)C2C3C4CCC(C4)C23)C(=O)O)cc1Br. The van der Waals surface area contributed by atoms with Gasteiger partial charge in [0.05, 0.1) is 11.6 Å². The average Bonchev–Trinajstić information content (AvgIpc) is 3.00.